The molecule has 6 heteroatoms. The van der Waals surface area contributed by atoms with Crippen LogP contribution in [0.2, 0.25) is 0 Å². The zero-order valence-electron chi connectivity index (χ0n) is 14.8. The van der Waals surface area contributed by atoms with Crippen molar-refractivity contribution in [2.24, 2.45) is 0 Å². The number of carbonyl (C=O) groups is 2. The summed E-state index contributed by atoms with van der Waals surface area (Å²) in [6, 6.07) is 17.5. The third-order valence-electron chi connectivity index (χ3n) is 3.69. The number of anilines is 1. The zero-order valence-corrected chi connectivity index (χ0v) is 14.8. The van der Waals surface area contributed by atoms with Crippen molar-refractivity contribution in [2.45, 2.75) is 12.8 Å². The van der Waals surface area contributed by atoms with Crippen molar-refractivity contribution in [1.29, 1.82) is 0 Å². The average Bonchev–Trinajstić information content (AvgIpc) is 3.10. The first-order valence-electron chi connectivity index (χ1n) is 8.16. The van der Waals surface area contributed by atoms with E-state index in [1.807, 2.05) is 54.7 Å². The second kappa shape index (κ2) is 9.88. The second-order valence-electron chi connectivity index (χ2n) is 5.42. The second-order valence-corrected chi connectivity index (χ2v) is 5.42. The largest absolute Gasteiger partial charge is 0.469 e. The monoisotopic (exact) mass is 354 g/mol. The molecule has 0 saturated heterocycles. The van der Waals surface area contributed by atoms with E-state index in [2.05, 4.69) is 19.8 Å². The number of aromatic amines is 1. The highest BCUT2D eigenvalue weighted by Crippen LogP contribution is 2.23. The molecule has 1 aromatic heterocycles. The number of ether oxygens (including phenoxy) is 2. The molecule has 0 aliphatic carbocycles. The molecule has 0 spiro atoms. The van der Waals surface area contributed by atoms with Crippen LogP contribution in [0.1, 0.15) is 12.0 Å². The fraction of sp³-hybridized carbons (Fsp3) is 0.200. The zero-order chi connectivity index (χ0) is 18.8. The molecule has 0 atom stereocenters. The maximum absolute atomic E-state index is 11.2. The third kappa shape index (κ3) is 5.66. The van der Waals surface area contributed by atoms with Crippen LogP contribution in [0.25, 0.3) is 10.9 Å². The molecule has 136 valence electrons. The van der Waals surface area contributed by atoms with E-state index in [0.29, 0.717) is 18.5 Å². The molecule has 2 N–H and O–H groups in total. The van der Waals surface area contributed by atoms with Gasteiger partial charge in [-0.3, -0.25) is 10.1 Å². The number of hydrogen-bond acceptors (Lipinski definition) is 4. The summed E-state index contributed by atoms with van der Waals surface area (Å²) < 4.78 is 9.18. The lowest BCUT2D eigenvalue weighted by atomic mass is 10.1. The minimum Gasteiger partial charge on any atom is -0.469 e. The number of H-pyrrole nitrogens is 1. The van der Waals surface area contributed by atoms with Crippen LogP contribution in [0.3, 0.4) is 0 Å². The van der Waals surface area contributed by atoms with E-state index in [-0.39, 0.29) is 5.97 Å². The van der Waals surface area contributed by atoms with Crippen LogP contribution in [-0.2, 0) is 20.7 Å². The lowest BCUT2D eigenvalue weighted by Crippen LogP contribution is -2.10. The van der Waals surface area contributed by atoms with Crippen LogP contribution in [0, 0.1) is 0 Å². The van der Waals surface area contributed by atoms with E-state index >= 15 is 0 Å². The standard InChI is InChI=1S/C14H16N2O4.C6H6/c1-19-13(17)6-3-9-8-15-12-5-4-10(7-11(9)12)16-14(18)20-2;1-2-4-6-5-3-1/h4-5,7-8,15H,3,6H2,1-2H3,(H,16,18);1-6H. The van der Waals surface area contributed by atoms with E-state index in [1.54, 1.807) is 6.07 Å². The number of aryl methyl sites for hydroxylation is 1. The number of fused-ring (bicyclic) bond motifs is 1. The minimum absolute atomic E-state index is 0.247. The Balaban J connectivity index is 0.000000342. The van der Waals surface area contributed by atoms with Crippen molar-refractivity contribution >= 4 is 28.7 Å². The molecular formula is C20H22N2O4. The van der Waals surface area contributed by atoms with Crippen LogP contribution in [0.15, 0.2) is 60.8 Å². The van der Waals surface area contributed by atoms with Gasteiger partial charge in [0.1, 0.15) is 0 Å². The summed E-state index contributed by atoms with van der Waals surface area (Å²) in [5.41, 5.74) is 2.59. The van der Waals surface area contributed by atoms with Gasteiger partial charge in [-0.1, -0.05) is 36.4 Å². The summed E-state index contributed by atoms with van der Waals surface area (Å²) in [5.74, 6) is -0.247. The number of aromatic nitrogens is 1. The van der Waals surface area contributed by atoms with E-state index in [0.717, 1.165) is 16.5 Å². The SMILES string of the molecule is COC(=O)CCc1c[nH]c2ccc(NC(=O)OC)cc12.c1ccccc1. The Labute approximate surface area is 152 Å². The number of hydrogen-bond donors (Lipinski definition) is 2. The van der Waals surface area contributed by atoms with Crippen molar-refractivity contribution in [3.63, 3.8) is 0 Å². The smallest absolute Gasteiger partial charge is 0.411 e. The summed E-state index contributed by atoms with van der Waals surface area (Å²) in [7, 11) is 2.68. The Hall–Kier alpha value is -3.28. The Kier molecular flexibility index (Phi) is 7.24. The highest BCUT2D eigenvalue weighted by atomic mass is 16.5. The Morgan fingerprint density at radius 2 is 1.65 bits per heavy atom. The number of benzene rings is 2. The summed E-state index contributed by atoms with van der Waals surface area (Å²) in [4.78, 5) is 25.5. The quantitative estimate of drug-likeness (QED) is 0.690. The minimum atomic E-state index is -0.518. The molecule has 0 radical (unpaired) electrons. The Bertz CT molecular complexity index is 817. The lowest BCUT2D eigenvalue weighted by molar-refractivity contribution is -0.140. The Morgan fingerprint density at radius 1 is 1.00 bits per heavy atom. The predicted molar refractivity (Wildman–Crippen MR) is 101 cm³/mol. The van der Waals surface area contributed by atoms with Crippen LogP contribution >= 0.6 is 0 Å². The fourth-order valence-corrected chi connectivity index (χ4v) is 2.36. The molecule has 0 aliphatic rings. The van der Waals surface area contributed by atoms with Crippen LogP contribution in [-0.4, -0.2) is 31.3 Å². The van der Waals surface area contributed by atoms with Crippen LogP contribution < -0.4 is 5.32 Å². The number of carbonyl (C=O) groups excluding carboxylic acids is 2. The van der Waals surface area contributed by atoms with Crippen molar-refractivity contribution in [2.75, 3.05) is 19.5 Å². The number of methoxy groups -OCH3 is 2. The first kappa shape index (κ1) is 19.1. The first-order valence-corrected chi connectivity index (χ1v) is 8.16. The maximum Gasteiger partial charge on any atom is 0.411 e. The summed E-state index contributed by atoms with van der Waals surface area (Å²) in [6.07, 6.45) is 2.23. The van der Waals surface area contributed by atoms with Crippen molar-refractivity contribution in [3.05, 3.63) is 66.4 Å². The average molecular weight is 354 g/mol. The van der Waals surface area contributed by atoms with Gasteiger partial charge in [-0.2, -0.15) is 0 Å². The van der Waals surface area contributed by atoms with Crippen molar-refractivity contribution in [1.82, 2.24) is 4.98 Å². The first-order chi connectivity index (χ1) is 12.6. The number of nitrogens with one attached hydrogen (secondary N) is 2. The molecule has 1 heterocycles. The lowest BCUT2D eigenvalue weighted by Gasteiger charge is -2.04. The van der Waals surface area contributed by atoms with Gasteiger partial charge in [0.2, 0.25) is 0 Å². The predicted octanol–water partition coefficient (Wildman–Crippen LogP) is 4.14. The van der Waals surface area contributed by atoms with Gasteiger partial charge in [-0.15, -0.1) is 0 Å². The van der Waals surface area contributed by atoms with Gasteiger partial charge in [-0.25, -0.2) is 4.79 Å². The molecule has 6 nitrogen and oxygen atoms in total. The number of rotatable bonds is 4. The fourth-order valence-electron chi connectivity index (χ4n) is 2.36. The van der Waals surface area contributed by atoms with Crippen molar-refractivity contribution < 1.29 is 19.1 Å². The summed E-state index contributed by atoms with van der Waals surface area (Å²) >= 11 is 0. The highest BCUT2D eigenvalue weighted by molar-refractivity contribution is 5.91. The molecule has 0 aliphatic heterocycles. The molecule has 26 heavy (non-hydrogen) atoms. The summed E-state index contributed by atoms with van der Waals surface area (Å²) in [6.45, 7) is 0. The van der Waals surface area contributed by atoms with Gasteiger partial charge in [0.25, 0.3) is 0 Å². The molecule has 0 unspecified atom stereocenters. The van der Waals surface area contributed by atoms with E-state index in [1.165, 1.54) is 14.2 Å². The number of amides is 1. The topological polar surface area (TPSA) is 80.4 Å². The van der Waals surface area contributed by atoms with Gasteiger partial charge in [0.15, 0.2) is 0 Å². The molecule has 2 aromatic carbocycles. The van der Waals surface area contributed by atoms with Crippen molar-refractivity contribution in [3.8, 4) is 0 Å². The van der Waals surface area contributed by atoms with Crippen LogP contribution in [0.5, 0.6) is 0 Å². The van der Waals surface area contributed by atoms with E-state index in [4.69, 9.17) is 0 Å². The number of esters is 1. The molecule has 3 rings (SSSR count). The van der Waals surface area contributed by atoms with Gasteiger partial charge in [0.05, 0.1) is 14.2 Å². The molecule has 0 saturated carbocycles. The van der Waals surface area contributed by atoms with Gasteiger partial charge >= 0.3 is 12.1 Å². The highest BCUT2D eigenvalue weighted by Gasteiger charge is 2.09. The normalized spacial score (nSPS) is 9.77. The van der Waals surface area contributed by atoms with Gasteiger partial charge < -0.3 is 14.5 Å². The van der Waals surface area contributed by atoms with Crippen LogP contribution in [0.4, 0.5) is 10.5 Å². The molecule has 1 amide bonds. The van der Waals surface area contributed by atoms with E-state index < -0.39 is 6.09 Å². The molecular weight excluding hydrogens is 332 g/mol. The summed E-state index contributed by atoms with van der Waals surface area (Å²) in [5, 5.41) is 3.57. The maximum atomic E-state index is 11.2. The Morgan fingerprint density at radius 3 is 2.23 bits per heavy atom. The molecule has 0 fully saturated rings. The molecule has 3 aromatic rings. The van der Waals surface area contributed by atoms with Gasteiger partial charge in [-0.05, 0) is 30.2 Å². The third-order valence-corrected chi connectivity index (χ3v) is 3.69. The van der Waals surface area contributed by atoms with Gasteiger partial charge in [0, 0.05) is 29.2 Å². The van der Waals surface area contributed by atoms with E-state index in [9.17, 15) is 9.59 Å². The molecule has 0 bridgehead atoms.